The van der Waals surface area contributed by atoms with E-state index >= 15 is 0 Å². The van der Waals surface area contributed by atoms with E-state index in [1.165, 1.54) is 25.3 Å². The molecule has 4 N–H and O–H groups in total. The minimum atomic E-state index is -0.728. The number of rotatable bonds is 3. The standard InChI is InChI=1S/C25H25ClFN3O/c26-19-7-17(8-20(27)23(19)31)16-1-2-21-18(6-16)22(3-4-29-21)30-25-11-14-5-15(12-25)10-24(28,9-14)13-25/h1-4,6-8,14-15,31H,5,9-13,28H2,(H,29,30). The molecule has 4 bridgehead atoms. The van der Waals surface area contributed by atoms with Crippen molar-refractivity contribution in [2.75, 3.05) is 5.32 Å². The van der Waals surface area contributed by atoms with E-state index in [9.17, 15) is 9.50 Å². The molecule has 4 aliphatic rings. The Morgan fingerprint density at radius 2 is 1.84 bits per heavy atom. The maximum Gasteiger partial charge on any atom is 0.170 e. The van der Waals surface area contributed by atoms with Crippen molar-refractivity contribution in [2.45, 2.75) is 49.6 Å². The maximum absolute atomic E-state index is 14.1. The number of anilines is 1. The molecule has 4 nitrogen and oxygen atoms in total. The van der Waals surface area contributed by atoms with Crippen molar-refractivity contribution >= 4 is 28.2 Å². The molecular formula is C25H25ClFN3O. The molecular weight excluding hydrogens is 413 g/mol. The summed E-state index contributed by atoms with van der Waals surface area (Å²) in [5.74, 6) is 0.177. The topological polar surface area (TPSA) is 71.2 Å². The highest BCUT2D eigenvalue weighted by Crippen LogP contribution is 2.57. The number of hydrogen-bond donors (Lipinski definition) is 3. The molecule has 2 unspecified atom stereocenters. The molecule has 31 heavy (non-hydrogen) atoms. The highest BCUT2D eigenvalue weighted by atomic mass is 35.5. The molecule has 6 heteroatoms. The third-order valence-corrected chi connectivity index (χ3v) is 7.89. The number of aromatic hydroxyl groups is 1. The van der Waals surface area contributed by atoms with Gasteiger partial charge in [0.15, 0.2) is 11.6 Å². The smallest absolute Gasteiger partial charge is 0.170 e. The molecule has 4 aliphatic carbocycles. The van der Waals surface area contributed by atoms with Gasteiger partial charge in [-0.1, -0.05) is 17.7 Å². The summed E-state index contributed by atoms with van der Waals surface area (Å²) in [5, 5.41) is 14.6. The van der Waals surface area contributed by atoms with Crippen molar-refractivity contribution in [2.24, 2.45) is 17.6 Å². The van der Waals surface area contributed by atoms with Crippen LogP contribution in [-0.2, 0) is 0 Å². The first-order valence-corrected chi connectivity index (χ1v) is 11.3. The highest BCUT2D eigenvalue weighted by molar-refractivity contribution is 6.32. The van der Waals surface area contributed by atoms with Crippen LogP contribution >= 0.6 is 11.6 Å². The van der Waals surface area contributed by atoms with E-state index < -0.39 is 11.6 Å². The van der Waals surface area contributed by atoms with E-state index in [1.807, 2.05) is 30.5 Å². The lowest BCUT2D eigenvalue weighted by Crippen LogP contribution is -2.65. The van der Waals surface area contributed by atoms with Crippen molar-refractivity contribution in [1.29, 1.82) is 0 Å². The van der Waals surface area contributed by atoms with Gasteiger partial charge >= 0.3 is 0 Å². The largest absolute Gasteiger partial charge is 0.504 e. The number of nitrogens with one attached hydrogen (secondary N) is 1. The van der Waals surface area contributed by atoms with Crippen LogP contribution in [-0.4, -0.2) is 21.2 Å². The number of pyridine rings is 1. The monoisotopic (exact) mass is 437 g/mol. The second kappa shape index (κ2) is 6.57. The Kier molecular flexibility index (Phi) is 4.09. The van der Waals surface area contributed by atoms with Gasteiger partial charge in [-0.3, -0.25) is 4.98 Å². The molecule has 0 spiro atoms. The Balaban J connectivity index is 1.41. The van der Waals surface area contributed by atoms with E-state index in [0.717, 1.165) is 41.4 Å². The van der Waals surface area contributed by atoms with Crippen LogP contribution in [0.3, 0.4) is 0 Å². The van der Waals surface area contributed by atoms with E-state index in [0.29, 0.717) is 17.4 Å². The Morgan fingerprint density at radius 3 is 2.55 bits per heavy atom. The lowest BCUT2D eigenvalue weighted by atomic mass is 9.50. The average molecular weight is 438 g/mol. The number of benzene rings is 2. The van der Waals surface area contributed by atoms with Crippen LogP contribution in [0.25, 0.3) is 22.0 Å². The first-order valence-electron chi connectivity index (χ1n) is 11.0. The van der Waals surface area contributed by atoms with E-state index in [-0.39, 0.29) is 16.1 Å². The molecule has 7 rings (SSSR count). The zero-order chi connectivity index (χ0) is 21.4. The van der Waals surface area contributed by atoms with Gasteiger partial charge in [-0.2, -0.15) is 0 Å². The third kappa shape index (κ3) is 3.17. The second-order valence-corrected chi connectivity index (χ2v) is 10.5. The van der Waals surface area contributed by atoms with Crippen LogP contribution in [0.2, 0.25) is 5.02 Å². The van der Waals surface area contributed by atoms with Gasteiger partial charge in [0.05, 0.1) is 10.5 Å². The predicted molar refractivity (Wildman–Crippen MR) is 122 cm³/mol. The van der Waals surface area contributed by atoms with Gasteiger partial charge in [-0.05, 0) is 91.8 Å². The minimum absolute atomic E-state index is 0.00134. The van der Waals surface area contributed by atoms with Crippen LogP contribution < -0.4 is 11.1 Å². The zero-order valence-corrected chi connectivity index (χ0v) is 17.9. The number of hydrogen-bond acceptors (Lipinski definition) is 4. The molecule has 1 aromatic heterocycles. The first kappa shape index (κ1) is 19.3. The van der Waals surface area contributed by atoms with Crippen molar-refractivity contribution in [3.05, 3.63) is 53.4 Å². The van der Waals surface area contributed by atoms with Gasteiger partial charge < -0.3 is 16.2 Å². The summed E-state index contributed by atoms with van der Waals surface area (Å²) in [7, 11) is 0. The summed E-state index contributed by atoms with van der Waals surface area (Å²) >= 11 is 6.01. The lowest BCUT2D eigenvalue weighted by Gasteiger charge is -2.61. The van der Waals surface area contributed by atoms with Gasteiger partial charge in [0, 0.05) is 28.3 Å². The van der Waals surface area contributed by atoms with Gasteiger partial charge in [0.25, 0.3) is 0 Å². The lowest BCUT2D eigenvalue weighted by molar-refractivity contribution is -0.00770. The molecule has 0 radical (unpaired) electrons. The second-order valence-electron chi connectivity index (χ2n) is 10.1. The normalized spacial score (nSPS) is 31.3. The number of phenolic OH excluding ortho intramolecular Hbond substituents is 1. The maximum atomic E-state index is 14.1. The molecule has 1 heterocycles. The molecule has 2 aromatic carbocycles. The number of phenols is 1. The predicted octanol–water partition coefficient (Wildman–Crippen LogP) is 5.86. The molecule has 0 saturated heterocycles. The van der Waals surface area contributed by atoms with Crippen LogP contribution in [0.15, 0.2) is 42.6 Å². The number of nitrogens with zero attached hydrogens (tertiary/aromatic N) is 1. The van der Waals surface area contributed by atoms with Gasteiger partial charge in [0.1, 0.15) is 0 Å². The first-order chi connectivity index (χ1) is 14.8. The number of nitrogens with two attached hydrogens (primary N) is 1. The summed E-state index contributed by atoms with van der Waals surface area (Å²) in [6, 6.07) is 10.8. The van der Waals surface area contributed by atoms with Crippen LogP contribution in [0, 0.1) is 17.7 Å². The van der Waals surface area contributed by atoms with Gasteiger partial charge in [-0.15, -0.1) is 0 Å². The molecule has 4 fully saturated rings. The molecule has 4 saturated carbocycles. The summed E-state index contributed by atoms with van der Waals surface area (Å²) in [5.41, 5.74) is 10.2. The van der Waals surface area contributed by atoms with Crippen molar-refractivity contribution in [3.8, 4) is 16.9 Å². The van der Waals surface area contributed by atoms with Gasteiger partial charge in [-0.25, -0.2) is 4.39 Å². The quantitative estimate of drug-likeness (QED) is 0.479. The summed E-state index contributed by atoms with van der Waals surface area (Å²) in [6.07, 6.45) is 8.81. The fourth-order valence-corrected chi connectivity index (χ4v) is 7.14. The number of halogens is 2. The zero-order valence-electron chi connectivity index (χ0n) is 17.2. The minimum Gasteiger partial charge on any atom is -0.504 e. The summed E-state index contributed by atoms with van der Waals surface area (Å²) in [4.78, 5) is 4.53. The van der Waals surface area contributed by atoms with Crippen molar-refractivity contribution < 1.29 is 9.50 Å². The third-order valence-electron chi connectivity index (χ3n) is 7.60. The molecule has 160 valence electrons. The molecule has 0 amide bonds. The Morgan fingerprint density at radius 1 is 1.06 bits per heavy atom. The Hall–Kier alpha value is -2.37. The molecule has 3 aromatic rings. The van der Waals surface area contributed by atoms with Crippen molar-refractivity contribution in [3.63, 3.8) is 0 Å². The number of aromatic nitrogens is 1. The van der Waals surface area contributed by atoms with Crippen molar-refractivity contribution in [1.82, 2.24) is 4.98 Å². The fourth-order valence-electron chi connectivity index (χ4n) is 6.93. The van der Waals surface area contributed by atoms with E-state index in [1.54, 1.807) is 6.07 Å². The highest BCUT2D eigenvalue weighted by Gasteiger charge is 2.56. The van der Waals surface area contributed by atoms with E-state index in [2.05, 4.69) is 10.3 Å². The number of fused-ring (bicyclic) bond motifs is 1. The Bertz CT molecular complexity index is 1180. The Labute approximate surface area is 185 Å². The summed E-state index contributed by atoms with van der Waals surface area (Å²) < 4.78 is 14.1. The van der Waals surface area contributed by atoms with E-state index in [4.69, 9.17) is 17.3 Å². The van der Waals surface area contributed by atoms with Crippen LogP contribution in [0.4, 0.5) is 10.1 Å². The van der Waals surface area contributed by atoms with Gasteiger partial charge in [0.2, 0.25) is 0 Å². The van der Waals surface area contributed by atoms with Crippen LogP contribution in [0.5, 0.6) is 5.75 Å². The fraction of sp³-hybridized carbons (Fsp3) is 0.400. The summed E-state index contributed by atoms with van der Waals surface area (Å²) in [6.45, 7) is 0. The SMILES string of the molecule is NC12CC3CC(C1)CC(Nc1ccnc4ccc(-c5cc(F)c(O)c(Cl)c5)cc14)(C3)C2. The van der Waals surface area contributed by atoms with Crippen LogP contribution in [0.1, 0.15) is 38.5 Å². The molecule has 0 aliphatic heterocycles. The average Bonchev–Trinajstić information content (AvgIpc) is 2.69. The molecule has 2 atom stereocenters.